The van der Waals surface area contributed by atoms with E-state index in [1.807, 2.05) is 36.4 Å². The zero-order valence-corrected chi connectivity index (χ0v) is 16.4. The molecule has 0 unspecified atom stereocenters. The third kappa shape index (κ3) is 3.66. The number of rotatable bonds is 7. The average molecular weight is 385 g/mol. The molecule has 2 heterocycles. The molecule has 3 aromatic rings. The quantitative estimate of drug-likeness (QED) is 0.339. The second-order valence-electron chi connectivity index (χ2n) is 5.90. The van der Waals surface area contributed by atoms with Crippen LogP contribution in [0.2, 0.25) is 0 Å². The summed E-state index contributed by atoms with van der Waals surface area (Å²) >= 11 is 2.86. The Morgan fingerprint density at radius 2 is 2.12 bits per heavy atom. The fraction of sp³-hybridized carbons (Fsp3) is 0.250. The summed E-state index contributed by atoms with van der Waals surface area (Å²) in [5.74, 6) is 0.0288. The standard InChI is InChI=1S/C20H20N2O2S2/c1-4-11-22-19(24)16-12-15(5-2)25-18(16)21-20(22)26-17(13(3)23)14-9-7-6-8-10-14/h4,6-10,12,17H,1,5,11H2,2-3H3/t17-/m1/s1. The number of carbonyl (C=O) groups is 1. The summed E-state index contributed by atoms with van der Waals surface area (Å²) in [4.78, 5) is 31.8. The zero-order valence-electron chi connectivity index (χ0n) is 14.8. The molecular weight excluding hydrogens is 364 g/mol. The molecule has 0 spiro atoms. The maximum Gasteiger partial charge on any atom is 0.263 e. The second-order valence-corrected chi connectivity index (χ2v) is 8.09. The highest BCUT2D eigenvalue weighted by Gasteiger charge is 2.22. The molecule has 6 heteroatoms. The number of nitrogens with zero attached hydrogens (tertiary/aromatic N) is 2. The largest absolute Gasteiger partial charge is 0.298 e. The van der Waals surface area contributed by atoms with E-state index in [1.54, 1.807) is 17.6 Å². The first-order chi connectivity index (χ1) is 12.5. The van der Waals surface area contributed by atoms with Crippen molar-refractivity contribution in [2.75, 3.05) is 0 Å². The predicted octanol–water partition coefficient (Wildman–Crippen LogP) is 4.63. The van der Waals surface area contributed by atoms with Crippen LogP contribution in [-0.2, 0) is 17.8 Å². The molecule has 1 aromatic carbocycles. The van der Waals surface area contributed by atoms with Gasteiger partial charge in [-0.2, -0.15) is 0 Å². The Bertz CT molecular complexity index is 1010. The van der Waals surface area contributed by atoms with Gasteiger partial charge in [0.25, 0.3) is 5.56 Å². The van der Waals surface area contributed by atoms with Gasteiger partial charge in [0.1, 0.15) is 10.6 Å². The van der Waals surface area contributed by atoms with E-state index in [0.29, 0.717) is 17.1 Å². The summed E-state index contributed by atoms with van der Waals surface area (Å²) in [6, 6.07) is 11.5. The molecule has 0 saturated carbocycles. The lowest BCUT2D eigenvalue weighted by Gasteiger charge is -2.16. The maximum absolute atomic E-state index is 12.9. The SMILES string of the molecule is C=CCn1c(S[C@H](C(C)=O)c2ccccc2)nc2sc(CC)cc2c1=O. The predicted molar refractivity (Wildman–Crippen MR) is 109 cm³/mol. The summed E-state index contributed by atoms with van der Waals surface area (Å²) in [5.41, 5.74) is 0.827. The molecule has 26 heavy (non-hydrogen) atoms. The van der Waals surface area contributed by atoms with Gasteiger partial charge in [0.2, 0.25) is 0 Å². The minimum atomic E-state index is -0.401. The number of carbonyl (C=O) groups excluding carboxylic acids is 1. The Hall–Kier alpha value is -2.18. The summed E-state index contributed by atoms with van der Waals surface area (Å²) < 4.78 is 1.60. The molecule has 0 amide bonds. The van der Waals surface area contributed by atoms with Crippen molar-refractivity contribution in [2.45, 2.75) is 37.2 Å². The van der Waals surface area contributed by atoms with Gasteiger partial charge < -0.3 is 0 Å². The lowest BCUT2D eigenvalue weighted by Crippen LogP contribution is -2.23. The molecule has 134 valence electrons. The fourth-order valence-electron chi connectivity index (χ4n) is 2.72. The molecule has 0 radical (unpaired) electrons. The van der Waals surface area contributed by atoms with Crippen molar-refractivity contribution in [3.63, 3.8) is 0 Å². The number of thiophene rings is 1. The number of hydrogen-bond donors (Lipinski definition) is 0. The van der Waals surface area contributed by atoms with Crippen molar-refractivity contribution in [1.82, 2.24) is 9.55 Å². The minimum absolute atomic E-state index is 0.0288. The fourth-order valence-corrected chi connectivity index (χ4v) is 4.83. The van der Waals surface area contributed by atoms with Gasteiger partial charge in [0.15, 0.2) is 5.16 Å². The van der Waals surface area contributed by atoms with Gasteiger partial charge in [0, 0.05) is 11.4 Å². The van der Waals surface area contributed by atoms with E-state index in [-0.39, 0.29) is 11.3 Å². The summed E-state index contributed by atoms with van der Waals surface area (Å²) in [6.45, 7) is 7.74. The number of thioether (sulfide) groups is 1. The highest BCUT2D eigenvalue weighted by atomic mass is 32.2. The monoisotopic (exact) mass is 384 g/mol. The topological polar surface area (TPSA) is 52.0 Å². The summed E-state index contributed by atoms with van der Waals surface area (Å²) in [7, 11) is 0. The molecule has 4 nitrogen and oxygen atoms in total. The highest BCUT2D eigenvalue weighted by molar-refractivity contribution is 8.00. The normalized spacial score (nSPS) is 12.2. The Kier molecular flexibility index (Phi) is 5.74. The molecule has 0 bridgehead atoms. The van der Waals surface area contributed by atoms with E-state index >= 15 is 0 Å². The lowest BCUT2D eigenvalue weighted by molar-refractivity contribution is -0.116. The van der Waals surface area contributed by atoms with Gasteiger partial charge in [-0.15, -0.1) is 17.9 Å². The zero-order chi connectivity index (χ0) is 18.7. The minimum Gasteiger partial charge on any atom is -0.298 e. The van der Waals surface area contributed by atoms with Gasteiger partial charge in [0.05, 0.1) is 10.6 Å². The second kappa shape index (κ2) is 8.01. The van der Waals surface area contributed by atoms with Crippen LogP contribution in [0.15, 0.2) is 59.0 Å². The van der Waals surface area contributed by atoms with Crippen LogP contribution in [0.4, 0.5) is 0 Å². The summed E-state index contributed by atoms with van der Waals surface area (Å²) in [5, 5.41) is 0.787. The lowest BCUT2D eigenvalue weighted by atomic mass is 10.1. The van der Waals surface area contributed by atoms with Gasteiger partial charge in [-0.05, 0) is 25.0 Å². The van der Waals surface area contributed by atoms with Gasteiger partial charge in [-0.3, -0.25) is 14.2 Å². The maximum atomic E-state index is 12.9. The molecule has 0 N–H and O–H groups in total. The average Bonchev–Trinajstić information content (AvgIpc) is 3.06. The number of aromatic nitrogens is 2. The van der Waals surface area contributed by atoms with Gasteiger partial charge >= 0.3 is 0 Å². The number of ketones is 1. The first-order valence-electron chi connectivity index (χ1n) is 8.41. The van der Waals surface area contributed by atoms with Crippen LogP contribution in [0.3, 0.4) is 0 Å². The van der Waals surface area contributed by atoms with Gasteiger partial charge in [-0.1, -0.05) is 55.1 Å². The number of Topliss-reactive ketones (excluding diaryl/α,β-unsaturated/α-hetero) is 1. The first kappa shape index (κ1) is 18.6. The Morgan fingerprint density at radius 1 is 1.38 bits per heavy atom. The Balaban J connectivity index is 2.12. The van der Waals surface area contributed by atoms with E-state index in [4.69, 9.17) is 4.98 Å². The third-order valence-corrected chi connectivity index (χ3v) is 6.56. The van der Waals surface area contributed by atoms with E-state index in [0.717, 1.165) is 21.7 Å². The van der Waals surface area contributed by atoms with E-state index in [1.165, 1.54) is 23.1 Å². The van der Waals surface area contributed by atoms with Crippen LogP contribution >= 0.6 is 23.1 Å². The van der Waals surface area contributed by atoms with Crippen molar-refractivity contribution in [2.24, 2.45) is 0 Å². The van der Waals surface area contributed by atoms with Crippen molar-refractivity contribution in [3.05, 3.63) is 69.8 Å². The van der Waals surface area contributed by atoms with Crippen molar-refractivity contribution in [1.29, 1.82) is 0 Å². The van der Waals surface area contributed by atoms with Crippen molar-refractivity contribution >= 4 is 39.1 Å². The van der Waals surface area contributed by atoms with E-state index < -0.39 is 5.25 Å². The van der Waals surface area contributed by atoms with Crippen LogP contribution in [-0.4, -0.2) is 15.3 Å². The molecule has 1 atom stereocenters. The third-order valence-electron chi connectivity index (χ3n) is 4.02. The van der Waals surface area contributed by atoms with Crippen LogP contribution in [0.25, 0.3) is 10.2 Å². The molecule has 0 aliphatic heterocycles. The Morgan fingerprint density at radius 3 is 2.73 bits per heavy atom. The van der Waals surface area contributed by atoms with E-state index in [9.17, 15) is 9.59 Å². The number of aryl methyl sites for hydroxylation is 1. The number of fused-ring (bicyclic) bond motifs is 1. The summed E-state index contributed by atoms with van der Waals surface area (Å²) in [6.07, 6.45) is 2.54. The van der Waals surface area contributed by atoms with Crippen LogP contribution in [0.5, 0.6) is 0 Å². The molecule has 0 aliphatic carbocycles. The van der Waals surface area contributed by atoms with Crippen LogP contribution < -0.4 is 5.56 Å². The van der Waals surface area contributed by atoms with E-state index in [2.05, 4.69) is 13.5 Å². The van der Waals surface area contributed by atoms with Gasteiger partial charge in [-0.25, -0.2) is 4.98 Å². The molecule has 0 aliphatic rings. The van der Waals surface area contributed by atoms with Crippen molar-refractivity contribution < 1.29 is 4.79 Å². The number of hydrogen-bond acceptors (Lipinski definition) is 5. The molecule has 2 aromatic heterocycles. The molecule has 3 rings (SSSR count). The molecule has 0 fully saturated rings. The number of benzene rings is 1. The van der Waals surface area contributed by atoms with Crippen LogP contribution in [0.1, 0.15) is 29.5 Å². The van der Waals surface area contributed by atoms with Crippen LogP contribution in [0, 0.1) is 0 Å². The molecule has 0 saturated heterocycles. The highest BCUT2D eigenvalue weighted by Crippen LogP contribution is 2.36. The van der Waals surface area contributed by atoms with Crippen molar-refractivity contribution in [3.8, 4) is 0 Å². The first-order valence-corrected chi connectivity index (χ1v) is 10.1. The number of allylic oxidation sites excluding steroid dienone is 1. The Labute approximate surface area is 160 Å². The molecular formula is C20H20N2O2S2. The smallest absolute Gasteiger partial charge is 0.263 e.